The number of nitrogens with zero attached hydrogens (tertiary/aromatic N) is 1. The molecular weight excluding hydrogens is 301 g/mol. The van der Waals surface area contributed by atoms with Crippen LogP contribution in [0.3, 0.4) is 0 Å². The van der Waals surface area contributed by atoms with Gasteiger partial charge in [-0.15, -0.1) is 0 Å². The molecule has 0 atom stereocenters. The summed E-state index contributed by atoms with van der Waals surface area (Å²) < 4.78 is 5.58. The van der Waals surface area contributed by atoms with Crippen molar-refractivity contribution in [3.63, 3.8) is 0 Å². The summed E-state index contributed by atoms with van der Waals surface area (Å²) in [7, 11) is 0. The molecule has 0 radical (unpaired) electrons. The third kappa shape index (κ3) is 2.82. The maximum Gasteiger partial charge on any atom is 0.299 e. The van der Waals surface area contributed by atoms with Gasteiger partial charge < -0.3 is 9.64 Å². The number of anilines is 1. The molecule has 6 heteroatoms. The Labute approximate surface area is 127 Å². The number of benzene rings is 1. The molecule has 0 fully saturated rings. The summed E-state index contributed by atoms with van der Waals surface area (Å²) in [6.07, 6.45) is 0. The molecule has 0 aromatic heterocycles. The Morgan fingerprint density at radius 3 is 2.35 bits per heavy atom. The summed E-state index contributed by atoms with van der Waals surface area (Å²) in [6.45, 7) is 6.32. The molecule has 0 aliphatic carbocycles. The molecule has 0 N–H and O–H groups in total. The highest BCUT2D eigenvalue weighted by molar-refractivity contribution is 6.56. The number of ether oxygens (including phenoxy) is 1. The van der Waals surface area contributed by atoms with Crippen molar-refractivity contribution in [1.29, 1.82) is 0 Å². The zero-order valence-corrected chi connectivity index (χ0v) is 13.0. The number of Topliss-reactive ketones (excluding diaryl/α,β-unsaturated/α-hetero) is 1. The van der Waals surface area contributed by atoms with Gasteiger partial charge in [0.05, 0.1) is 33.5 Å². The van der Waals surface area contributed by atoms with Crippen molar-refractivity contribution in [3.8, 4) is 0 Å². The highest BCUT2D eigenvalue weighted by Gasteiger charge is 2.39. The Morgan fingerprint density at radius 2 is 1.75 bits per heavy atom. The van der Waals surface area contributed by atoms with E-state index in [9.17, 15) is 9.59 Å². The van der Waals surface area contributed by atoms with Crippen LogP contribution in [0.15, 0.2) is 12.1 Å². The summed E-state index contributed by atoms with van der Waals surface area (Å²) in [4.78, 5) is 25.3. The third-order valence-electron chi connectivity index (χ3n) is 2.86. The van der Waals surface area contributed by atoms with Gasteiger partial charge in [-0.25, -0.2) is 0 Å². The molecule has 4 nitrogen and oxygen atoms in total. The molecule has 1 heterocycles. The van der Waals surface area contributed by atoms with E-state index in [-0.39, 0.29) is 22.7 Å². The molecule has 0 saturated heterocycles. The molecule has 0 bridgehead atoms. The molecule has 0 unspecified atom stereocenters. The van der Waals surface area contributed by atoms with E-state index in [1.165, 1.54) is 11.0 Å². The predicted octanol–water partition coefficient (Wildman–Crippen LogP) is 3.34. The molecule has 0 spiro atoms. The number of halogens is 2. The fourth-order valence-corrected chi connectivity index (χ4v) is 2.51. The summed E-state index contributed by atoms with van der Waals surface area (Å²) >= 11 is 12.1. The van der Waals surface area contributed by atoms with Gasteiger partial charge in [0.15, 0.2) is 0 Å². The number of hydrogen-bond donors (Lipinski definition) is 0. The van der Waals surface area contributed by atoms with Crippen molar-refractivity contribution in [2.45, 2.75) is 26.4 Å². The van der Waals surface area contributed by atoms with Crippen LogP contribution in [0.25, 0.3) is 0 Å². The van der Waals surface area contributed by atoms with Crippen molar-refractivity contribution in [2.75, 3.05) is 18.1 Å². The van der Waals surface area contributed by atoms with Crippen LogP contribution >= 0.6 is 23.2 Å². The van der Waals surface area contributed by atoms with Crippen LogP contribution in [0.4, 0.5) is 5.69 Å². The number of carbonyl (C=O) groups is 2. The lowest BCUT2D eigenvalue weighted by Gasteiger charge is -2.23. The van der Waals surface area contributed by atoms with E-state index in [4.69, 9.17) is 27.9 Å². The second kappa shape index (κ2) is 5.35. The van der Waals surface area contributed by atoms with E-state index in [0.29, 0.717) is 17.3 Å². The van der Waals surface area contributed by atoms with Crippen LogP contribution in [0.5, 0.6) is 0 Å². The van der Waals surface area contributed by atoms with Crippen molar-refractivity contribution in [1.82, 2.24) is 0 Å². The van der Waals surface area contributed by atoms with Gasteiger partial charge in [0.25, 0.3) is 11.7 Å². The Kier molecular flexibility index (Phi) is 4.09. The average molecular weight is 316 g/mol. The van der Waals surface area contributed by atoms with E-state index in [2.05, 4.69) is 0 Å². The van der Waals surface area contributed by atoms with E-state index in [0.717, 1.165) is 0 Å². The highest BCUT2D eigenvalue weighted by Crippen LogP contribution is 2.39. The Bertz CT molecular complexity index is 579. The second-order valence-corrected chi connectivity index (χ2v) is 6.31. The zero-order chi connectivity index (χ0) is 15.1. The normalized spacial score (nSPS) is 14.9. The minimum atomic E-state index is -0.622. The first-order valence-corrected chi connectivity index (χ1v) is 6.96. The number of hydrogen-bond acceptors (Lipinski definition) is 3. The number of amides is 1. The quantitative estimate of drug-likeness (QED) is 0.804. The molecule has 1 amide bonds. The van der Waals surface area contributed by atoms with Crippen LogP contribution < -0.4 is 4.90 Å². The highest BCUT2D eigenvalue weighted by atomic mass is 35.5. The minimum absolute atomic E-state index is 0.180. The molecule has 20 heavy (non-hydrogen) atoms. The smallest absolute Gasteiger partial charge is 0.299 e. The summed E-state index contributed by atoms with van der Waals surface area (Å²) in [5.74, 6) is -1.24. The van der Waals surface area contributed by atoms with Crippen molar-refractivity contribution in [3.05, 3.63) is 27.7 Å². The van der Waals surface area contributed by atoms with Crippen molar-refractivity contribution in [2.24, 2.45) is 0 Å². The summed E-state index contributed by atoms with van der Waals surface area (Å²) in [6, 6.07) is 3.09. The number of carbonyl (C=O) groups excluding carboxylic acids is 2. The fourth-order valence-electron chi connectivity index (χ4n) is 2.01. The van der Waals surface area contributed by atoms with Crippen molar-refractivity contribution < 1.29 is 14.3 Å². The van der Waals surface area contributed by atoms with Crippen LogP contribution in [0.1, 0.15) is 31.1 Å². The summed E-state index contributed by atoms with van der Waals surface area (Å²) in [5.41, 5.74) is 0.250. The van der Waals surface area contributed by atoms with Gasteiger partial charge in [-0.2, -0.15) is 0 Å². The lowest BCUT2D eigenvalue weighted by molar-refractivity contribution is -0.114. The van der Waals surface area contributed by atoms with E-state index in [1.807, 2.05) is 20.8 Å². The molecule has 1 aromatic carbocycles. The maximum absolute atomic E-state index is 12.0. The van der Waals surface area contributed by atoms with Crippen LogP contribution in [-0.2, 0) is 9.53 Å². The minimum Gasteiger partial charge on any atom is -0.374 e. The SMILES string of the molecule is CC(C)(C)OCCN1C(=O)C(=O)c2c(Cl)ccc(Cl)c21. The Hall–Kier alpha value is -1.10. The molecule has 0 saturated carbocycles. The standard InChI is InChI=1S/C14H15Cl2NO3/c1-14(2,3)20-7-6-17-11-9(16)5-4-8(15)10(11)12(18)13(17)19/h4-5H,6-7H2,1-3H3. The van der Waals surface area contributed by atoms with Gasteiger partial charge in [0.2, 0.25) is 0 Å². The number of rotatable bonds is 3. The van der Waals surface area contributed by atoms with Crippen LogP contribution in [0.2, 0.25) is 10.0 Å². The van der Waals surface area contributed by atoms with Crippen LogP contribution in [-0.4, -0.2) is 30.4 Å². The third-order valence-corrected chi connectivity index (χ3v) is 3.48. The summed E-state index contributed by atoms with van der Waals surface area (Å²) in [5, 5.41) is 0.571. The first-order chi connectivity index (χ1) is 9.22. The van der Waals surface area contributed by atoms with Crippen molar-refractivity contribution >= 4 is 40.6 Å². The monoisotopic (exact) mass is 315 g/mol. The van der Waals surface area contributed by atoms with Gasteiger partial charge >= 0.3 is 0 Å². The van der Waals surface area contributed by atoms with Crippen LogP contribution in [0, 0.1) is 0 Å². The molecule has 1 aliphatic heterocycles. The second-order valence-electron chi connectivity index (χ2n) is 5.50. The molecule has 1 aliphatic rings. The topological polar surface area (TPSA) is 46.6 Å². The Balaban J connectivity index is 2.27. The average Bonchev–Trinajstić information content (AvgIpc) is 2.58. The Morgan fingerprint density at radius 1 is 1.15 bits per heavy atom. The fraction of sp³-hybridized carbons (Fsp3) is 0.429. The van der Waals surface area contributed by atoms with Gasteiger partial charge in [-0.3, -0.25) is 9.59 Å². The van der Waals surface area contributed by atoms with E-state index >= 15 is 0 Å². The van der Waals surface area contributed by atoms with Gasteiger partial charge in [0.1, 0.15) is 0 Å². The zero-order valence-electron chi connectivity index (χ0n) is 11.5. The first-order valence-electron chi connectivity index (χ1n) is 6.20. The van der Waals surface area contributed by atoms with Gasteiger partial charge in [-0.1, -0.05) is 23.2 Å². The lowest BCUT2D eigenvalue weighted by atomic mass is 10.1. The van der Waals surface area contributed by atoms with E-state index < -0.39 is 11.7 Å². The van der Waals surface area contributed by atoms with Gasteiger partial charge in [-0.05, 0) is 32.9 Å². The predicted molar refractivity (Wildman–Crippen MR) is 78.9 cm³/mol. The first kappa shape index (κ1) is 15.3. The van der Waals surface area contributed by atoms with Gasteiger partial charge in [0, 0.05) is 6.54 Å². The molecule has 1 aromatic rings. The molecule has 108 valence electrons. The van der Waals surface area contributed by atoms with E-state index in [1.54, 1.807) is 6.07 Å². The largest absolute Gasteiger partial charge is 0.374 e. The number of fused-ring (bicyclic) bond motifs is 1. The number of ketones is 1. The lowest BCUT2D eigenvalue weighted by Crippen LogP contribution is -2.34. The molecular formula is C14H15Cl2NO3. The molecule has 2 rings (SSSR count). The maximum atomic E-state index is 12.0.